The Morgan fingerprint density at radius 1 is 1.24 bits per heavy atom. The largest absolute Gasteiger partial charge is 0.507 e. The molecule has 0 radical (unpaired) electrons. The number of phenols is 1. The van der Waals surface area contributed by atoms with Crippen LogP contribution >= 0.6 is 0 Å². The number of rotatable bonds is 2. The van der Waals surface area contributed by atoms with Crippen LogP contribution in [0.3, 0.4) is 0 Å². The maximum atomic E-state index is 11.0. The molecule has 0 spiro atoms. The van der Waals surface area contributed by atoms with Gasteiger partial charge in [0.25, 0.3) is 0 Å². The molecule has 0 unspecified atom stereocenters. The lowest BCUT2D eigenvalue weighted by Gasteiger charge is -2.24. The van der Waals surface area contributed by atoms with Crippen LogP contribution in [0.15, 0.2) is 12.1 Å². The Morgan fingerprint density at radius 2 is 1.88 bits per heavy atom. The molecule has 2 rings (SSSR count). The lowest BCUT2D eigenvalue weighted by molar-refractivity contribution is 0.0693. The van der Waals surface area contributed by atoms with Crippen LogP contribution in [0.5, 0.6) is 5.75 Å². The first kappa shape index (κ1) is 12.0. The summed E-state index contributed by atoms with van der Waals surface area (Å²) in [6, 6.07) is 3.23. The molecule has 3 heteroatoms. The van der Waals surface area contributed by atoms with Crippen molar-refractivity contribution in [3.8, 4) is 5.75 Å². The van der Waals surface area contributed by atoms with E-state index in [-0.39, 0.29) is 11.3 Å². The summed E-state index contributed by atoms with van der Waals surface area (Å²) < 4.78 is 0. The standard InChI is InChI=1S/C14H18O3/c1-9-7-13(15)12(14(16)17)8-11(9)10-5-3-2-4-6-10/h7-8,10,15H,2-6H2,1H3,(H,16,17). The van der Waals surface area contributed by atoms with Gasteiger partial charge >= 0.3 is 5.97 Å². The highest BCUT2D eigenvalue weighted by atomic mass is 16.4. The van der Waals surface area contributed by atoms with Gasteiger partial charge in [0, 0.05) is 0 Å². The number of aromatic carboxylic acids is 1. The Hall–Kier alpha value is -1.51. The Kier molecular flexibility index (Phi) is 3.36. The highest BCUT2D eigenvalue weighted by molar-refractivity contribution is 5.91. The second-order valence-electron chi connectivity index (χ2n) is 4.87. The number of carboxylic acid groups (broad SMARTS) is 1. The first-order valence-corrected chi connectivity index (χ1v) is 6.16. The number of aromatic hydroxyl groups is 1. The summed E-state index contributed by atoms with van der Waals surface area (Å²) in [5.74, 6) is -0.725. The van der Waals surface area contributed by atoms with Crippen molar-refractivity contribution in [2.45, 2.75) is 44.9 Å². The molecule has 1 aliphatic carbocycles. The van der Waals surface area contributed by atoms with Gasteiger partial charge in [-0.15, -0.1) is 0 Å². The van der Waals surface area contributed by atoms with E-state index >= 15 is 0 Å². The maximum absolute atomic E-state index is 11.0. The van der Waals surface area contributed by atoms with Crippen molar-refractivity contribution in [3.63, 3.8) is 0 Å². The molecule has 0 atom stereocenters. The van der Waals surface area contributed by atoms with Crippen molar-refractivity contribution >= 4 is 5.97 Å². The molecule has 0 saturated heterocycles. The molecular formula is C14H18O3. The lowest BCUT2D eigenvalue weighted by atomic mass is 9.81. The fourth-order valence-corrected chi connectivity index (χ4v) is 2.73. The number of aryl methyl sites for hydroxylation is 1. The van der Waals surface area contributed by atoms with Gasteiger partial charge in [0.15, 0.2) is 0 Å². The third kappa shape index (κ3) is 2.43. The highest BCUT2D eigenvalue weighted by Crippen LogP contribution is 2.36. The van der Waals surface area contributed by atoms with Crippen molar-refractivity contribution in [2.75, 3.05) is 0 Å². The SMILES string of the molecule is Cc1cc(O)c(C(=O)O)cc1C1CCCCC1. The molecule has 0 aromatic heterocycles. The van der Waals surface area contributed by atoms with Gasteiger partial charge in [0.2, 0.25) is 0 Å². The normalized spacial score (nSPS) is 17.0. The van der Waals surface area contributed by atoms with Crippen LogP contribution in [0.25, 0.3) is 0 Å². The van der Waals surface area contributed by atoms with Crippen LogP contribution in [0, 0.1) is 6.92 Å². The highest BCUT2D eigenvalue weighted by Gasteiger charge is 2.20. The average Bonchev–Trinajstić information content (AvgIpc) is 2.29. The average molecular weight is 234 g/mol. The molecule has 17 heavy (non-hydrogen) atoms. The van der Waals surface area contributed by atoms with E-state index in [0.717, 1.165) is 24.0 Å². The minimum atomic E-state index is -1.06. The summed E-state index contributed by atoms with van der Waals surface area (Å²) in [5.41, 5.74) is 2.12. The molecule has 0 aliphatic heterocycles. The molecule has 1 aliphatic rings. The minimum Gasteiger partial charge on any atom is -0.507 e. The lowest BCUT2D eigenvalue weighted by Crippen LogP contribution is -2.08. The Labute approximate surface area is 101 Å². The first-order chi connectivity index (χ1) is 8.09. The molecule has 0 bridgehead atoms. The van der Waals surface area contributed by atoms with Crippen LogP contribution in [-0.2, 0) is 0 Å². The maximum Gasteiger partial charge on any atom is 0.339 e. The fraction of sp³-hybridized carbons (Fsp3) is 0.500. The second-order valence-corrected chi connectivity index (χ2v) is 4.87. The first-order valence-electron chi connectivity index (χ1n) is 6.16. The van der Waals surface area contributed by atoms with E-state index in [1.165, 1.54) is 19.3 Å². The van der Waals surface area contributed by atoms with Gasteiger partial charge in [0.05, 0.1) is 0 Å². The van der Waals surface area contributed by atoms with Crippen LogP contribution < -0.4 is 0 Å². The summed E-state index contributed by atoms with van der Waals surface area (Å²) >= 11 is 0. The van der Waals surface area contributed by atoms with Crippen LogP contribution in [0.4, 0.5) is 0 Å². The van der Waals surface area contributed by atoms with Gasteiger partial charge in [-0.05, 0) is 48.9 Å². The minimum absolute atomic E-state index is 0.0242. The Morgan fingerprint density at radius 3 is 2.47 bits per heavy atom. The zero-order chi connectivity index (χ0) is 12.4. The number of carbonyl (C=O) groups is 1. The van der Waals surface area contributed by atoms with Crippen molar-refractivity contribution < 1.29 is 15.0 Å². The number of hydrogen-bond acceptors (Lipinski definition) is 2. The van der Waals surface area contributed by atoms with Crippen molar-refractivity contribution in [1.29, 1.82) is 0 Å². The zero-order valence-electron chi connectivity index (χ0n) is 10.1. The van der Waals surface area contributed by atoms with Crippen molar-refractivity contribution in [2.24, 2.45) is 0 Å². The van der Waals surface area contributed by atoms with Crippen LogP contribution in [0.1, 0.15) is 59.5 Å². The third-order valence-corrected chi connectivity index (χ3v) is 3.66. The Bertz CT molecular complexity index is 431. The predicted molar refractivity (Wildman–Crippen MR) is 65.6 cm³/mol. The molecule has 1 fully saturated rings. The third-order valence-electron chi connectivity index (χ3n) is 3.66. The van der Waals surface area contributed by atoms with E-state index in [9.17, 15) is 9.90 Å². The summed E-state index contributed by atoms with van der Waals surface area (Å²) in [4.78, 5) is 11.0. The van der Waals surface area contributed by atoms with E-state index in [1.807, 2.05) is 6.92 Å². The topological polar surface area (TPSA) is 57.5 Å². The summed E-state index contributed by atoms with van der Waals surface area (Å²) in [6.07, 6.45) is 5.97. The van der Waals surface area contributed by atoms with E-state index in [0.29, 0.717) is 5.92 Å². The molecular weight excluding hydrogens is 216 g/mol. The van der Waals surface area contributed by atoms with E-state index < -0.39 is 5.97 Å². The van der Waals surface area contributed by atoms with Crippen LogP contribution in [-0.4, -0.2) is 16.2 Å². The fourth-order valence-electron chi connectivity index (χ4n) is 2.73. The van der Waals surface area contributed by atoms with Crippen LogP contribution in [0.2, 0.25) is 0 Å². The summed E-state index contributed by atoms with van der Waals surface area (Å²) in [6.45, 7) is 1.94. The monoisotopic (exact) mass is 234 g/mol. The number of carboxylic acids is 1. The smallest absolute Gasteiger partial charge is 0.339 e. The molecule has 0 amide bonds. The number of hydrogen-bond donors (Lipinski definition) is 2. The van der Waals surface area contributed by atoms with Crippen molar-refractivity contribution in [1.82, 2.24) is 0 Å². The molecule has 92 valence electrons. The van der Waals surface area contributed by atoms with E-state index in [4.69, 9.17) is 5.11 Å². The quantitative estimate of drug-likeness (QED) is 0.824. The summed E-state index contributed by atoms with van der Waals surface area (Å²) in [7, 11) is 0. The van der Waals surface area contributed by atoms with E-state index in [1.54, 1.807) is 12.1 Å². The van der Waals surface area contributed by atoms with E-state index in [2.05, 4.69) is 0 Å². The van der Waals surface area contributed by atoms with Crippen molar-refractivity contribution in [3.05, 3.63) is 28.8 Å². The zero-order valence-corrected chi connectivity index (χ0v) is 10.1. The Balaban J connectivity index is 2.38. The van der Waals surface area contributed by atoms with Gasteiger partial charge in [-0.2, -0.15) is 0 Å². The molecule has 0 heterocycles. The summed E-state index contributed by atoms with van der Waals surface area (Å²) in [5, 5.41) is 18.6. The molecule has 1 saturated carbocycles. The van der Waals surface area contributed by atoms with Gasteiger partial charge in [-0.1, -0.05) is 19.3 Å². The van der Waals surface area contributed by atoms with Gasteiger partial charge in [-0.3, -0.25) is 0 Å². The number of benzene rings is 1. The molecule has 3 nitrogen and oxygen atoms in total. The molecule has 1 aromatic rings. The molecule has 2 N–H and O–H groups in total. The molecule has 1 aromatic carbocycles. The van der Waals surface area contributed by atoms with Gasteiger partial charge in [-0.25, -0.2) is 4.79 Å². The van der Waals surface area contributed by atoms with Gasteiger partial charge in [0.1, 0.15) is 11.3 Å². The van der Waals surface area contributed by atoms with Gasteiger partial charge < -0.3 is 10.2 Å². The second kappa shape index (κ2) is 4.78. The predicted octanol–water partition coefficient (Wildman–Crippen LogP) is 3.45.